The van der Waals surface area contributed by atoms with Gasteiger partial charge in [0.15, 0.2) is 0 Å². The maximum absolute atomic E-state index is 11.6. The number of rotatable bonds is 6. The summed E-state index contributed by atoms with van der Waals surface area (Å²) in [5.74, 6) is -0.0973. The van der Waals surface area contributed by atoms with Crippen LogP contribution in [0.4, 0.5) is 17.1 Å². The van der Waals surface area contributed by atoms with Crippen molar-refractivity contribution in [3.63, 3.8) is 0 Å². The number of amides is 1. The fourth-order valence-corrected chi connectivity index (χ4v) is 5.59. The Labute approximate surface area is 239 Å². The van der Waals surface area contributed by atoms with Crippen LogP contribution in [-0.4, -0.2) is 39.7 Å². The van der Waals surface area contributed by atoms with Gasteiger partial charge in [-0.15, -0.1) is 0 Å². The number of aryl methyl sites for hydroxylation is 1. The summed E-state index contributed by atoms with van der Waals surface area (Å²) in [5.41, 5.74) is 8.16. The lowest BCUT2D eigenvalue weighted by Gasteiger charge is -2.25. The zero-order valence-electron chi connectivity index (χ0n) is 23.6. The molecular formula is C33H34N6O2. The van der Waals surface area contributed by atoms with Gasteiger partial charge in [-0.25, -0.2) is 4.98 Å². The lowest BCUT2D eigenvalue weighted by Crippen LogP contribution is -2.25. The largest absolute Gasteiger partial charge is 0.381 e. The van der Waals surface area contributed by atoms with E-state index >= 15 is 0 Å². The molecule has 1 aliphatic heterocycles. The molecule has 8 nitrogen and oxygen atoms in total. The number of hydrogen-bond donors (Lipinski definition) is 2. The molecule has 8 heteroatoms. The smallest absolute Gasteiger partial charge is 0.221 e. The molecule has 0 atom stereocenters. The van der Waals surface area contributed by atoms with Crippen molar-refractivity contribution in [3.8, 4) is 17.1 Å². The summed E-state index contributed by atoms with van der Waals surface area (Å²) in [4.78, 5) is 26.4. The zero-order chi connectivity index (χ0) is 28.3. The van der Waals surface area contributed by atoms with Crippen LogP contribution in [0, 0.1) is 6.92 Å². The first-order chi connectivity index (χ1) is 20.0. The first kappa shape index (κ1) is 26.7. The monoisotopic (exact) mass is 546 g/mol. The summed E-state index contributed by atoms with van der Waals surface area (Å²) < 4.78 is 7.82. The van der Waals surface area contributed by atoms with E-state index in [2.05, 4.69) is 38.4 Å². The highest BCUT2D eigenvalue weighted by Crippen LogP contribution is 2.31. The van der Waals surface area contributed by atoms with E-state index in [0.717, 1.165) is 81.9 Å². The summed E-state index contributed by atoms with van der Waals surface area (Å²) in [7, 11) is 1.79. The van der Waals surface area contributed by atoms with E-state index in [1.165, 1.54) is 6.92 Å². The molecule has 0 unspecified atom stereocenters. The minimum Gasteiger partial charge on any atom is -0.381 e. The quantitative estimate of drug-likeness (QED) is 0.241. The van der Waals surface area contributed by atoms with E-state index in [1.54, 1.807) is 13.3 Å². The van der Waals surface area contributed by atoms with Crippen LogP contribution in [0.25, 0.3) is 28.1 Å². The van der Waals surface area contributed by atoms with Gasteiger partial charge in [-0.1, -0.05) is 12.1 Å². The van der Waals surface area contributed by atoms with Gasteiger partial charge in [0.1, 0.15) is 0 Å². The molecule has 3 aliphatic rings. The average Bonchev–Trinajstić information content (AvgIpc) is 2.98. The third-order valence-electron chi connectivity index (χ3n) is 7.72. The molecule has 1 amide bonds. The van der Waals surface area contributed by atoms with Crippen LogP contribution in [0.3, 0.4) is 0 Å². The van der Waals surface area contributed by atoms with Gasteiger partial charge < -0.3 is 19.9 Å². The Hall–Kier alpha value is -4.56. The zero-order valence-corrected chi connectivity index (χ0v) is 23.6. The van der Waals surface area contributed by atoms with Crippen molar-refractivity contribution >= 4 is 34.0 Å². The third-order valence-corrected chi connectivity index (χ3v) is 7.72. The molecule has 2 N–H and O–H groups in total. The van der Waals surface area contributed by atoms with Crippen molar-refractivity contribution in [1.29, 1.82) is 0 Å². The predicted molar refractivity (Wildman–Crippen MR) is 163 cm³/mol. The van der Waals surface area contributed by atoms with Crippen LogP contribution in [-0.2, 0) is 9.53 Å². The second-order valence-electron chi connectivity index (χ2n) is 10.6. The van der Waals surface area contributed by atoms with Gasteiger partial charge in [0.2, 0.25) is 5.91 Å². The van der Waals surface area contributed by atoms with Crippen LogP contribution < -0.4 is 16.0 Å². The fraction of sp³-hybridized carbons (Fsp3) is 0.273. The summed E-state index contributed by atoms with van der Waals surface area (Å²) in [5, 5.41) is 7.35. The van der Waals surface area contributed by atoms with Crippen LogP contribution in [0.1, 0.15) is 38.3 Å². The number of nitrogens with zero attached hydrogens (tertiary/aromatic N) is 4. The number of fused-ring (bicyclic) bond motifs is 2. The summed E-state index contributed by atoms with van der Waals surface area (Å²) in [6.07, 6.45) is 6.11. The molecule has 2 heterocycles. The van der Waals surface area contributed by atoms with Crippen molar-refractivity contribution in [2.75, 3.05) is 17.7 Å². The molecule has 3 aromatic rings. The van der Waals surface area contributed by atoms with Gasteiger partial charge in [-0.05, 0) is 93.3 Å². The van der Waals surface area contributed by atoms with E-state index in [0.29, 0.717) is 6.10 Å². The van der Waals surface area contributed by atoms with Gasteiger partial charge in [0, 0.05) is 31.6 Å². The molecule has 1 saturated carbocycles. The Kier molecular flexibility index (Phi) is 7.48. The molecular weight excluding hydrogens is 512 g/mol. The lowest BCUT2D eigenvalue weighted by molar-refractivity contribution is -0.114. The maximum Gasteiger partial charge on any atom is 0.221 e. The molecule has 0 spiro atoms. The molecule has 2 aliphatic carbocycles. The van der Waals surface area contributed by atoms with E-state index < -0.39 is 0 Å². The van der Waals surface area contributed by atoms with Gasteiger partial charge >= 0.3 is 0 Å². The minimum absolute atomic E-state index is 0.0973. The van der Waals surface area contributed by atoms with Crippen molar-refractivity contribution in [1.82, 2.24) is 14.5 Å². The number of benzene rings is 3. The number of aromatic nitrogens is 3. The summed E-state index contributed by atoms with van der Waals surface area (Å²) in [6, 6.07) is 24.4. The third kappa shape index (κ3) is 5.69. The normalized spacial score (nSPS) is 17.6. The molecule has 208 valence electrons. The maximum atomic E-state index is 11.6. The number of carbonyl (C=O) groups excluding carboxylic acids is 1. The highest BCUT2D eigenvalue weighted by Gasteiger charge is 2.22. The van der Waals surface area contributed by atoms with Crippen LogP contribution in [0.5, 0.6) is 0 Å². The molecule has 41 heavy (non-hydrogen) atoms. The SMILES string of the molecule is COC1CCC(N=c2cc3n(-c4ccc(NC(C)=O)cc4)c4ccccc4nc-3cc2Nc2cccnc2C)CC1. The Bertz CT molecular complexity index is 1740. The van der Waals surface area contributed by atoms with Crippen molar-refractivity contribution in [2.24, 2.45) is 4.99 Å². The highest BCUT2D eigenvalue weighted by molar-refractivity contribution is 5.89. The first-order valence-electron chi connectivity index (χ1n) is 14.1. The number of anilines is 3. The number of pyridine rings is 1. The first-order valence-corrected chi connectivity index (χ1v) is 14.1. The van der Waals surface area contributed by atoms with Crippen molar-refractivity contribution in [3.05, 3.63) is 90.0 Å². The van der Waals surface area contributed by atoms with Gasteiger partial charge in [0.25, 0.3) is 0 Å². The van der Waals surface area contributed by atoms with Gasteiger partial charge in [-0.3, -0.25) is 14.8 Å². The van der Waals surface area contributed by atoms with E-state index in [9.17, 15) is 4.79 Å². The molecule has 0 radical (unpaired) electrons. The Morgan fingerprint density at radius 2 is 1.76 bits per heavy atom. The number of nitrogens with one attached hydrogen (secondary N) is 2. The Morgan fingerprint density at radius 1 is 0.976 bits per heavy atom. The number of methoxy groups -OCH3 is 1. The second-order valence-corrected chi connectivity index (χ2v) is 10.6. The molecule has 1 aromatic heterocycles. The standard InChI is InChI=1S/C33H34N6O2/c1-21-27(8-6-18-34-21)37-29-19-31-33(20-30(29)36-24-12-16-26(41-3)17-13-24)39(32-9-5-4-7-28(32)38-31)25-14-10-23(11-15-25)35-22(2)40/h4-11,14-15,18-20,24,26,37H,12-13,16-17H2,1-3H3,(H,35,40). The average molecular weight is 547 g/mol. The van der Waals surface area contributed by atoms with Crippen LogP contribution >= 0.6 is 0 Å². The van der Waals surface area contributed by atoms with Crippen molar-refractivity contribution in [2.45, 2.75) is 51.7 Å². The summed E-state index contributed by atoms with van der Waals surface area (Å²) in [6.45, 7) is 3.51. The highest BCUT2D eigenvalue weighted by atomic mass is 16.5. The molecule has 0 saturated heterocycles. The number of para-hydroxylation sites is 2. The van der Waals surface area contributed by atoms with Crippen LogP contribution in [0.2, 0.25) is 0 Å². The summed E-state index contributed by atoms with van der Waals surface area (Å²) >= 11 is 0. The molecule has 2 aromatic carbocycles. The number of ether oxygens (including phenoxy) is 1. The van der Waals surface area contributed by atoms with Crippen LogP contribution in [0.15, 0.2) is 84.0 Å². The molecule has 1 fully saturated rings. The van der Waals surface area contributed by atoms with E-state index in [4.69, 9.17) is 14.7 Å². The van der Waals surface area contributed by atoms with E-state index in [1.807, 2.05) is 61.5 Å². The predicted octanol–water partition coefficient (Wildman–Crippen LogP) is 6.39. The molecule has 0 bridgehead atoms. The van der Waals surface area contributed by atoms with E-state index in [-0.39, 0.29) is 11.9 Å². The minimum atomic E-state index is -0.0973. The Balaban J connectivity index is 1.55. The number of hydrogen-bond acceptors (Lipinski definition) is 6. The van der Waals surface area contributed by atoms with Crippen molar-refractivity contribution < 1.29 is 9.53 Å². The topological polar surface area (TPSA) is 93.4 Å². The molecule has 6 rings (SSSR count). The second kappa shape index (κ2) is 11.5. The Morgan fingerprint density at radius 3 is 2.49 bits per heavy atom. The lowest BCUT2D eigenvalue weighted by atomic mass is 9.93. The van der Waals surface area contributed by atoms with Gasteiger partial charge in [0.05, 0.1) is 57.0 Å². The van der Waals surface area contributed by atoms with Gasteiger partial charge in [-0.2, -0.15) is 0 Å². The number of carbonyl (C=O) groups is 1. The fourth-order valence-electron chi connectivity index (χ4n) is 5.59.